The van der Waals surface area contributed by atoms with Crippen LogP contribution in [0, 0.1) is 27.7 Å². The van der Waals surface area contributed by atoms with Crippen LogP contribution in [-0.2, 0) is 10.8 Å². The quantitative estimate of drug-likeness (QED) is 0.142. The van der Waals surface area contributed by atoms with Crippen LogP contribution in [0.4, 0.5) is 34.1 Å². The first kappa shape index (κ1) is 49.1. The highest BCUT2D eigenvalue weighted by Gasteiger charge is 2.38. The standard InChI is InChI=1S/C78H64N2/c1-49-21-17-33-67(61-31-19-25-53-23-9-11-27-59(53)61)75(49)79(57-39-41-65-63-29-13-15-35-69(63)77(5,6)71(65)47-57)73-43-37-55(45-51(73)3)56-38-44-74(52(4)46-56)80(58-40-42-66-64-30-14-16-36-70(64)78(7,8)72(66)48-58)76-50(2)22-18-34-68(76)62-32-20-26-54-24-10-12-28-60(54)62/h9-48H,1-8H3. The zero-order valence-corrected chi connectivity index (χ0v) is 47.0. The van der Waals surface area contributed by atoms with Crippen LogP contribution in [0.25, 0.3) is 77.2 Å². The molecular formula is C78H64N2. The lowest BCUT2D eigenvalue weighted by atomic mass is 9.82. The normalized spacial score (nSPS) is 13.4. The zero-order valence-electron chi connectivity index (χ0n) is 47.0. The molecule has 386 valence electrons. The minimum Gasteiger partial charge on any atom is -0.309 e. The Morgan fingerprint density at radius 3 is 1.05 bits per heavy atom. The molecule has 12 aromatic rings. The van der Waals surface area contributed by atoms with E-state index in [1.54, 1.807) is 0 Å². The van der Waals surface area contributed by atoms with Crippen molar-refractivity contribution in [2.75, 3.05) is 9.80 Å². The third kappa shape index (κ3) is 7.68. The van der Waals surface area contributed by atoms with Gasteiger partial charge in [-0.25, -0.2) is 0 Å². The van der Waals surface area contributed by atoms with Gasteiger partial charge in [-0.15, -0.1) is 0 Å². The molecular weight excluding hydrogens is 965 g/mol. The monoisotopic (exact) mass is 1030 g/mol. The molecule has 80 heavy (non-hydrogen) atoms. The Labute approximate surface area is 471 Å². The van der Waals surface area contributed by atoms with Crippen molar-refractivity contribution in [3.63, 3.8) is 0 Å². The van der Waals surface area contributed by atoms with E-state index in [0.29, 0.717) is 0 Å². The van der Waals surface area contributed by atoms with E-state index < -0.39 is 0 Å². The second-order valence-corrected chi connectivity index (χ2v) is 23.5. The van der Waals surface area contributed by atoms with Crippen molar-refractivity contribution in [3.8, 4) is 55.6 Å². The Balaban J connectivity index is 0.919. The summed E-state index contributed by atoms with van der Waals surface area (Å²) in [6.45, 7) is 18.6. The van der Waals surface area contributed by atoms with E-state index in [1.165, 1.54) is 133 Å². The van der Waals surface area contributed by atoms with Gasteiger partial charge in [-0.3, -0.25) is 0 Å². The fourth-order valence-corrected chi connectivity index (χ4v) is 13.9. The summed E-state index contributed by atoms with van der Waals surface area (Å²) in [7, 11) is 0. The van der Waals surface area contributed by atoms with Crippen LogP contribution in [-0.4, -0.2) is 0 Å². The van der Waals surface area contributed by atoms with Crippen molar-refractivity contribution < 1.29 is 0 Å². The Morgan fingerprint density at radius 1 is 0.263 bits per heavy atom. The number of benzene rings is 12. The molecule has 0 bridgehead atoms. The maximum absolute atomic E-state index is 2.54. The molecule has 0 fully saturated rings. The molecule has 0 aliphatic heterocycles. The summed E-state index contributed by atoms with van der Waals surface area (Å²) in [5, 5.41) is 4.96. The number of rotatable bonds is 9. The van der Waals surface area contributed by atoms with Crippen LogP contribution in [0.5, 0.6) is 0 Å². The first-order valence-electron chi connectivity index (χ1n) is 28.3. The van der Waals surface area contributed by atoms with Gasteiger partial charge in [0.25, 0.3) is 0 Å². The summed E-state index contributed by atoms with van der Waals surface area (Å²) in [4.78, 5) is 5.09. The Kier molecular flexibility index (Phi) is 11.5. The van der Waals surface area contributed by atoms with Crippen LogP contribution >= 0.6 is 0 Å². The molecule has 14 rings (SSSR count). The molecule has 0 amide bonds. The summed E-state index contributed by atoms with van der Waals surface area (Å²) < 4.78 is 0. The lowest BCUT2D eigenvalue weighted by Gasteiger charge is -2.33. The molecule has 0 heterocycles. The van der Waals surface area contributed by atoms with Crippen LogP contribution in [0.1, 0.15) is 72.2 Å². The number of hydrogen-bond donors (Lipinski definition) is 0. The van der Waals surface area contributed by atoms with Gasteiger partial charge >= 0.3 is 0 Å². The molecule has 0 N–H and O–H groups in total. The molecule has 0 spiro atoms. The number of hydrogen-bond acceptors (Lipinski definition) is 2. The first-order chi connectivity index (χ1) is 38.9. The molecule has 2 aliphatic carbocycles. The highest BCUT2D eigenvalue weighted by atomic mass is 15.2. The number of anilines is 6. The topological polar surface area (TPSA) is 6.48 Å². The fraction of sp³-hybridized carbons (Fsp3) is 0.128. The van der Waals surface area contributed by atoms with Gasteiger partial charge in [0, 0.05) is 44.7 Å². The highest BCUT2D eigenvalue weighted by Crippen LogP contribution is 2.55. The second kappa shape index (κ2) is 18.7. The van der Waals surface area contributed by atoms with E-state index >= 15 is 0 Å². The van der Waals surface area contributed by atoms with Crippen molar-refractivity contribution in [1.82, 2.24) is 0 Å². The van der Waals surface area contributed by atoms with E-state index in [9.17, 15) is 0 Å². The van der Waals surface area contributed by atoms with Crippen molar-refractivity contribution in [3.05, 3.63) is 287 Å². The van der Waals surface area contributed by atoms with Crippen LogP contribution in [0.3, 0.4) is 0 Å². The minimum absolute atomic E-state index is 0.157. The number of fused-ring (bicyclic) bond motifs is 8. The molecule has 0 unspecified atom stereocenters. The molecule has 2 nitrogen and oxygen atoms in total. The van der Waals surface area contributed by atoms with E-state index in [-0.39, 0.29) is 10.8 Å². The van der Waals surface area contributed by atoms with Gasteiger partial charge in [0.15, 0.2) is 0 Å². The third-order valence-corrected chi connectivity index (χ3v) is 17.9. The summed E-state index contributed by atoms with van der Waals surface area (Å²) in [6.07, 6.45) is 0. The van der Waals surface area contributed by atoms with Crippen molar-refractivity contribution in [2.45, 2.75) is 66.2 Å². The number of aryl methyl sites for hydroxylation is 4. The molecule has 0 saturated heterocycles. The van der Waals surface area contributed by atoms with Gasteiger partial charge in [0.05, 0.1) is 11.4 Å². The SMILES string of the molecule is Cc1cc(-c2ccc(N(c3ccc4c(c3)C(C)(C)c3ccccc3-4)c3c(C)cccc3-c3cccc4ccccc34)c(C)c2)ccc1N(c1ccc2c(c1)C(C)(C)c1ccccc1-2)c1c(C)cccc1-c1cccc2ccccc12. The summed E-state index contributed by atoms with van der Waals surface area (Å²) in [5.74, 6) is 0. The predicted octanol–water partition coefficient (Wildman–Crippen LogP) is 21.8. The maximum Gasteiger partial charge on any atom is 0.0569 e. The van der Waals surface area contributed by atoms with E-state index in [1.807, 2.05) is 0 Å². The van der Waals surface area contributed by atoms with Gasteiger partial charge in [-0.05, 0) is 187 Å². The van der Waals surface area contributed by atoms with Gasteiger partial charge in [0.1, 0.15) is 0 Å². The molecule has 0 radical (unpaired) electrons. The van der Waals surface area contributed by atoms with Gasteiger partial charge in [-0.2, -0.15) is 0 Å². The molecule has 0 atom stereocenters. The molecule has 0 saturated carbocycles. The van der Waals surface area contributed by atoms with Crippen molar-refractivity contribution in [2.24, 2.45) is 0 Å². The average molecular weight is 1030 g/mol. The molecule has 12 aromatic carbocycles. The molecule has 2 heteroatoms. The largest absolute Gasteiger partial charge is 0.309 e. The Hall–Kier alpha value is -9.24. The van der Waals surface area contributed by atoms with Crippen LogP contribution in [0.15, 0.2) is 243 Å². The minimum atomic E-state index is -0.157. The van der Waals surface area contributed by atoms with Crippen molar-refractivity contribution in [1.29, 1.82) is 0 Å². The summed E-state index contributed by atoms with van der Waals surface area (Å²) in [6, 6.07) is 91.0. The van der Waals surface area contributed by atoms with Gasteiger partial charge < -0.3 is 9.80 Å². The zero-order chi connectivity index (χ0) is 54.6. The van der Waals surface area contributed by atoms with E-state index in [0.717, 1.165) is 22.7 Å². The second-order valence-electron chi connectivity index (χ2n) is 23.5. The smallest absolute Gasteiger partial charge is 0.0569 e. The molecule has 2 aliphatic rings. The Bertz CT molecular complexity index is 4190. The molecule has 0 aromatic heterocycles. The average Bonchev–Trinajstić information content (AvgIpc) is 4.04. The fourth-order valence-electron chi connectivity index (χ4n) is 13.9. The van der Waals surface area contributed by atoms with Crippen molar-refractivity contribution >= 4 is 55.7 Å². The summed E-state index contributed by atoms with van der Waals surface area (Å²) >= 11 is 0. The predicted molar refractivity (Wildman–Crippen MR) is 341 cm³/mol. The lowest BCUT2D eigenvalue weighted by Crippen LogP contribution is -2.18. The van der Waals surface area contributed by atoms with Gasteiger partial charge in [-0.1, -0.05) is 222 Å². The van der Waals surface area contributed by atoms with Crippen LogP contribution < -0.4 is 9.80 Å². The maximum atomic E-state index is 2.54. The van der Waals surface area contributed by atoms with E-state index in [2.05, 4.69) is 308 Å². The lowest BCUT2D eigenvalue weighted by molar-refractivity contribution is 0.660. The third-order valence-electron chi connectivity index (χ3n) is 17.9. The first-order valence-corrected chi connectivity index (χ1v) is 28.3. The number of nitrogens with zero attached hydrogens (tertiary/aromatic N) is 2. The highest BCUT2D eigenvalue weighted by molar-refractivity contribution is 6.04. The van der Waals surface area contributed by atoms with Crippen LogP contribution in [0.2, 0.25) is 0 Å². The summed E-state index contributed by atoms with van der Waals surface area (Å²) in [5.41, 5.74) is 29.5. The van der Waals surface area contributed by atoms with E-state index in [4.69, 9.17) is 0 Å². The van der Waals surface area contributed by atoms with Gasteiger partial charge in [0.2, 0.25) is 0 Å². The number of para-hydroxylation sites is 2. The Morgan fingerprint density at radius 2 is 0.613 bits per heavy atom.